The van der Waals surface area contributed by atoms with Crippen LogP contribution in [-0.4, -0.2) is 11.4 Å². The summed E-state index contributed by atoms with van der Waals surface area (Å²) < 4.78 is 0. The molecular weight excluding hydrogens is 206 g/mol. The molecule has 0 aliphatic carbocycles. The summed E-state index contributed by atoms with van der Waals surface area (Å²) in [4.78, 5) is 2.41. The Bertz CT molecular complexity index is 382. The van der Waals surface area contributed by atoms with E-state index in [0.717, 1.165) is 6.54 Å². The molecule has 1 aromatic carbocycles. The lowest BCUT2D eigenvalue weighted by Gasteiger charge is -2.52. The fourth-order valence-electron chi connectivity index (χ4n) is 2.64. The number of nitrogens with zero attached hydrogens (tertiary/aromatic N) is 1. The molecule has 1 heterocycles. The zero-order valence-corrected chi connectivity index (χ0v) is 11.1. The Labute approximate surface area is 105 Å². The second kappa shape index (κ2) is 4.95. The van der Waals surface area contributed by atoms with Crippen molar-refractivity contribution in [3.63, 3.8) is 0 Å². The third kappa shape index (κ3) is 2.54. The van der Waals surface area contributed by atoms with Gasteiger partial charge in [0, 0.05) is 24.2 Å². The highest BCUT2D eigenvalue weighted by atomic mass is 15.2. The SMILES string of the molecule is C=C1N(Cc2ccccc2)CC1(C)CCCC. The molecule has 0 amide bonds. The molecule has 2 rings (SSSR count). The van der Waals surface area contributed by atoms with Crippen LogP contribution in [0.2, 0.25) is 0 Å². The second-order valence-corrected chi connectivity index (χ2v) is 5.45. The number of hydrogen-bond donors (Lipinski definition) is 0. The molecule has 0 radical (unpaired) electrons. The van der Waals surface area contributed by atoms with Crippen LogP contribution >= 0.6 is 0 Å². The first-order valence-corrected chi connectivity index (χ1v) is 6.64. The average Bonchev–Trinajstić information content (AvgIpc) is 2.36. The Morgan fingerprint density at radius 1 is 1.29 bits per heavy atom. The van der Waals surface area contributed by atoms with Crippen molar-refractivity contribution in [2.75, 3.05) is 6.54 Å². The summed E-state index contributed by atoms with van der Waals surface area (Å²) in [7, 11) is 0. The molecule has 1 saturated heterocycles. The van der Waals surface area contributed by atoms with Gasteiger partial charge in [0.2, 0.25) is 0 Å². The summed E-state index contributed by atoms with van der Waals surface area (Å²) >= 11 is 0. The van der Waals surface area contributed by atoms with Gasteiger partial charge < -0.3 is 4.90 Å². The highest BCUT2D eigenvalue weighted by Gasteiger charge is 2.41. The number of rotatable bonds is 5. The number of benzene rings is 1. The first-order valence-electron chi connectivity index (χ1n) is 6.64. The lowest BCUT2D eigenvalue weighted by molar-refractivity contribution is 0.0737. The molecule has 0 aromatic heterocycles. The van der Waals surface area contributed by atoms with E-state index >= 15 is 0 Å². The molecule has 1 heteroatoms. The fourth-order valence-corrected chi connectivity index (χ4v) is 2.64. The van der Waals surface area contributed by atoms with E-state index in [1.165, 1.54) is 37.1 Å². The van der Waals surface area contributed by atoms with E-state index in [1.807, 2.05) is 0 Å². The first-order chi connectivity index (χ1) is 8.15. The van der Waals surface area contributed by atoms with Crippen molar-refractivity contribution >= 4 is 0 Å². The van der Waals surface area contributed by atoms with E-state index in [2.05, 4.69) is 55.7 Å². The van der Waals surface area contributed by atoms with Gasteiger partial charge in [-0.15, -0.1) is 0 Å². The van der Waals surface area contributed by atoms with E-state index in [4.69, 9.17) is 0 Å². The van der Waals surface area contributed by atoms with Crippen LogP contribution in [0.25, 0.3) is 0 Å². The van der Waals surface area contributed by atoms with Crippen LogP contribution in [0, 0.1) is 5.41 Å². The van der Waals surface area contributed by atoms with Crippen molar-refractivity contribution in [1.82, 2.24) is 4.90 Å². The Morgan fingerprint density at radius 3 is 2.59 bits per heavy atom. The second-order valence-electron chi connectivity index (χ2n) is 5.45. The Kier molecular flexibility index (Phi) is 3.56. The standard InChI is InChI=1S/C16H23N/c1-4-5-11-16(3)13-17(14(16)2)12-15-9-7-6-8-10-15/h6-10H,2,4-5,11-13H2,1,3H3. The number of hydrogen-bond acceptors (Lipinski definition) is 1. The highest BCUT2D eigenvalue weighted by Crippen LogP contribution is 2.44. The van der Waals surface area contributed by atoms with Gasteiger partial charge in [-0.25, -0.2) is 0 Å². The monoisotopic (exact) mass is 229 g/mol. The Balaban J connectivity index is 1.89. The molecule has 0 bridgehead atoms. The molecule has 92 valence electrons. The normalized spacial score (nSPS) is 23.6. The largest absolute Gasteiger partial charge is 0.370 e. The van der Waals surface area contributed by atoms with Gasteiger partial charge in [0.15, 0.2) is 0 Å². The van der Waals surface area contributed by atoms with Crippen LogP contribution < -0.4 is 0 Å². The van der Waals surface area contributed by atoms with Crippen LogP contribution in [0.1, 0.15) is 38.7 Å². The van der Waals surface area contributed by atoms with Crippen molar-refractivity contribution in [3.05, 3.63) is 48.2 Å². The summed E-state index contributed by atoms with van der Waals surface area (Å²) in [5.41, 5.74) is 3.08. The zero-order chi connectivity index (χ0) is 12.3. The molecule has 1 unspecified atom stereocenters. The van der Waals surface area contributed by atoms with E-state index in [9.17, 15) is 0 Å². The van der Waals surface area contributed by atoms with Gasteiger partial charge in [-0.2, -0.15) is 0 Å². The van der Waals surface area contributed by atoms with Crippen molar-refractivity contribution in [2.24, 2.45) is 5.41 Å². The summed E-state index contributed by atoms with van der Waals surface area (Å²) in [6.45, 7) is 11.1. The molecular formula is C16H23N. The van der Waals surface area contributed by atoms with Crippen LogP contribution in [0.3, 0.4) is 0 Å². The van der Waals surface area contributed by atoms with Gasteiger partial charge in [0.1, 0.15) is 0 Å². The Hall–Kier alpha value is -1.24. The van der Waals surface area contributed by atoms with Crippen molar-refractivity contribution in [1.29, 1.82) is 0 Å². The van der Waals surface area contributed by atoms with Crippen molar-refractivity contribution in [2.45, 2.75) is 39.7 Å². The lowest BCUT2D eigenvalue weighted by atomic mass is 9.74. The van der Waals surface area contributed by atoms with Crippen molar-refractivity contribution < 1.29 is 0 Å². The highest BCUT2D eigenvalue weighted by molar-refractivity contribution is 5.23. The molecule has 1 atom stereocenters. The van der Waals surface area contributed by atoms with Gasteiger partial charge >= 0.3 is 0 Å². The molecule has 1 aromatic rings. The van der Waals surface area contributed by atoms with Gasteiger partial charge in [0.25, 0.3) is 0 Å². The predicted octanol–water partition coefficient (Wildman–Crippen LogP) is 4.21. The van der Waals surface area contributed by atoms with Gasteiger partial charge in [-0.05, 0) is 12.0 Å². The maximum absolute atomic E-state index is 4.27. The van der Waals surface area contributed by atoms with E-state index in [1.54, 1.807) is 0 Å². The molecule has 1 fully saturated rings. The molecule has 1 nitrogen and oxygen atoms in total. The minimum Gasteiger partial charge on any atom is -0.370 e. The number of unbranched alkanes of at least 4 members (excludes halogenated alkanes) is 1. The quantitative estimate of drug-likeness (QED) is 0.731. The average molecular weight is 229 g/mol. The van der Waals surface area contributed by atoms with Gasteiger partial charge in [-0.3, -0.25) is 0 Å². The summed E-state index contributed by atoms with van der Waals surface area (Å²) in [5.74, 6) is 0. The summed E-state index contributed by atoms with van der Waals surface area (Å²) in [6, 6.07) is 10.7. The zero-order valence-electron chi connectivity index (χ0n) is 11.1. The van der Waals surface area contributed by atoms with Gasteiger partial charge in [-0.1, -0.05) is 63.6 Å². The molecule has 1 aliphatic rings. The van der Waals surface area contributed by atoms with Crippen LogP contribution in [0.15, 0.2) is 42.6 Å². The van der Waals surface area contributed by atoms with Crippen molar-refractivity contribution in [3.8, 4) is 0 Å². The minimum absolute atomic E-state index is 0.366. The maximum atomic E-state index is 4.27. The predicted molar refractivity (Wildman–Crippen MR) is 73.6 cm³/mol. The van der Waals surface area contributed by atoms with E-state index in [-0.39, 0.29) is 0 Å². The van der Waals surface area contributed by atoms with Crippen LogP contribution in [0.5, 0.6) is 0 Å². The molecule has 0 spiro atoms. The smallest absolute Gasteiger partial charge is 0.0426 e. The third-order valence-electron chi connectivity index (χ3n) is 3.92. The maximum Gasteiger partial charge on any atom is 0.0426 e. The molecule has 0 N–H and O–H groups in total. The molecule has 17 heavy (non-hydrogen) atoms. The van der Waals surface area contributed by atoms with Gasteiger partial charge in [0.05, 0.1) is 0 Å². The van der Waals surface area contributed by atoms with E-state index in [0.29, 0.717) is 5.41 Å². The lowest BCUT2D eigenvalue weighted by Crippen LogP contribution is -2.50. The minimum atomic E-state index is 0.366. The number of likely N-dealkylation sites (tertiary alicyclic amines) is 1. The first kappa shape index (κ1) is 12.2. The topological polar surface area (TPSA) is 3.24 Å². The summed E-state index contributed by atoms with van der Waals surface area (Å²) in [6.07, 6.45) is 3.88. The van der Waals surface area contributed by atoms with Crippen LogP contribution in [0.4, 0.5) is 0 Å². The Morgan fingerprint density at radius 2 is 2.00 bits per heavy atom. The fraction of sp³-hybridized carbons (Fsp3) is 0.500. The van der Waals surface area contributed by atoms with Crippen LogP contribution in [-0.2, 0) is 6.54 Å². The summed E-state index contributed by atoms with van der Waals surface area (Å²) in [5, 5.41) is 0. The molecule has 0 saturated carbocycles. The van der Waals surface area contributed by atoms with E-state index < -0.39 is 0 Å². The third-order valence-corrected chi connectivity index (χ3v) is 3.92. The molecule has 1 aliphatic heterocycles.